The third kappa shape index (κ3) is 5.57. The summed E-state index contributed by atoms with van der Waals surface area (Å²) in [7, 11) is 0. The van der Waals surface area contributed by atoms with Crippen LogP contribution in [0.5, 0.6) is 0 Å². The number of para-hydroxylation sites is 3. The Balaban J connectivity index is 1.23. The second-order valence-corrected chi connectivity index (χ2v) is 14.9. The van der Waals surface area contributed by atoms with Gasteiger partial charge in [-0.1, -0.05) is 176 Å². The molecule has 1 heterocycles. The Morgan fingerprint density at radius 2 is 0.759 bits per heavy atom. The smallest absolute Gasteiger partial charge is 0.0542 e. The van der Waals surface area contributed by atoms with Gasteiger partial charge in [-0.25, -0.2) is 0 Å². The Hall–Kier alpha value is -7.68. The summed E-state index contributed by atoms with van der Waals surface area (Å²) in [5.74, 6) is 0. The number of fused-ring (bicyclic) bond motifs is 6. The van der Waals surface area contributed by atoms with Crippen molar-refractivity contribution in [1.29, 1.82) is 0 Å². The van der Waals surface area contributed by atoms with Gasteiger partial charge in [0.15, 0.2) is 0 Å². The fraction of sp³-hybridized carbons (Fsp3) is 0. The van der Waals surface area contributed by atoms with Crippen LogP contribution >= 0.6 is 0 Å². The van der Waals surface area contributed by atoms with Crippen LogP contribution in [0.25, 0.3) is 82.4 Å². The van der Waals surface area contributed by atoms with Gasteiger partial charge in [0.1, 0.15) is 0 Å². The van der Waals surface area contributed by atoms with E-state index in [2.05, 4.69) is 240 Å². The molecule has 0 aliphatic carbocycles. The van der Waals surface area contributed by atoms with Gasteiger partial charge in [0, 0.05) is 33.4 Å². The van der Waals surface area contributed by atoms with Crippen LogP contribution in [-0.2, 0) is 0 Å². The summed E-state index contributed by atoms with van der Waals surface area (Å²) in [6, 6.07) is 83.7. The van der Waals surface area contributed by atoms with E-state index in [9.17, 15) is 0 Å². The summed E-state index contributed by atoms with van der Waals surface area (Å²) in [6.07, 6.45) is 0. The van der Waals surface area contributed by atoms with Crippen molar-refractivity contribution < 1.29 is 0 Å². The molecule has 0 amide bonds. The number of benzene rings is 10. The number of hydrogen-bond donors (Lipinski definition) is 0. The zero-order chi connectivity index (χ0) is 38.4. The van der Waals surface area contributed by atoms with Crippen LogP contribution in [-0.4, -0.2) is 4.57 Å². The summed E-state index contributed by atoms with van der Waals surface area (Å²) >= 11 is 0. The van der Waals surface area contributed by atoms with E-state index >= 15 is 0 Å². The largest absolute Gasteiger partial charge is 0.310 e. The first-order chi connectivity index (χ1) is 28.8. The highest BCUT2D eigenvalue weighted by Crippen LogP contribution is 2.48. The molecule has 0 saturated carbocycles. The number of hydrogen-bond acceptors (Lipinski definition) is 1. The molecule has 0 bridgehead atoms. The van der Waals surface area contributed by atoms with Gasteiger partial charge in [0.25, 0.3) is 0 Å². The monoisotopic (exact) mass is 738 g/mol. The zero-order valence-electron chi connectivity index (χ0n) is 31.8. The summed E-state index contributed by atoms with van der Waals surface area (Å²) in [5.41, 5.74) is 14.0. The zero-order valence-corrected chi connectivity index (χ0v) is 31.8. The Bertz CT molecular complexity index is 3260. The van der Waals surface area contributed by atoms with Crippen molar-refractivity contribution in [3.63, 3.8) is 0 Å². The summed E-state index contributed by atoms with van der Waals surface area (Å²) < 4.78 is 2.38. The van der Waals surface area contributed by atoms with Crippen LogP contribution < -0.4 is 4.90 Å². The molecule has 0 spiro atoms. The van der Waals surface area contributed by atoms with Gasteiger partial charge in [0.05, 0.1) is 16.7 Å². The third-order valence-electron chi connectivity index (χ3n) is 11.6. The molecule has 0 aliphatic rings. The van der Waals surface area contributed by atoms with E-state index < -0.39 is 0 Å². The van der Waals surface area contributed by atoms with E-state index in [0.29, 0.717) is 0 Å². The topological polar surface area (TPSA) is 8.17 Å². The van der Waals surface area contributed by atoms with Gasteiger partial charge < -0.3 is 9.47 Å². The lowest BCUT2D eigenvalue weighted by atomic mass is 9.85. The Morgan fingerprint density at radius 3 is 1.45 bits per heavy atom. The first-order valence-electron chi connectivity index (χ1n) is 19.9. The van der Waals surface area contributed by atoms with E-state index in [1.807, 2.05) is 0 Å². The van der Waals surface area contributed by atoms with Crippen LogP contribution in [0.1, 0.15) is 0 Å². The highest BCUT2D eigenvalue weighted by atomic mass is 15.1. The summed E-state index contributed by atoms with van der Waals surface area (Å²) in [4.78, 5) is 2.46. The molecule has 0 fully saturated rings. The first-order valence-corrected chi connectivity index (χ1v) is 19.9. The van der Waals surface area contributed by atoms with Crippen molar-refractivity contribution in [2.75, 3.05) is 4.90 Å². The molecule has 2 nitrogen and oxygen atoms in total. The van der Waals surface area contributed by atoms with Crippen LogP contribution in [0, 0.1) is 0 Å². The van der Waals surface area contributed by atoms with Crippen molar-refractivity contribution >= 4 is 60.4 Å². The minimum absolute atomic E-state index is 1.09. The third-order valence-corrected chi connectivity index (χ3v) is 11.6. The van der Waals surface area contributed by atoms with Crippen LogP contribution in [0.15, 0.2) is 231 Å². The Kier molecular flexibility index (Phi) is 8.19. The van der Waals surface area contributed by atoms with Gasteiger partial charge >= 0.3 is 0 Å². The van der Waals surface area contributed by atoms with E-state index in [4.69, 9.17) is 0 Å². The molecule has 10 aromatic carbocycles. The van der Waals surface area contributed by atoms with Gasteiger partial charge in [0.2, 0.25) is 0 Å². The van der Waals surface area contributed by atoms with Crippen LogP contribution in [0.4, 0.5) is 17.1 Å². The quantitative estimate of drug-likeness (QED) is 0.148. The minimum Gasteiger partial charge on any atom is -0.310 e. The van der Waals surface area contributed by atoms with E-state index in [1.54, 1.807) is 0 Å². The average molecular weight is 739 g/mol. The van der Waals surface area contributed by atoms with Gasteiger partial charge in [-0.2, -0.15) is 0 Å². The Labute approximate surface area is 338 Å². The van der Waals surface area contributed by atoms with Crippen molar-refractivity contribution in [3.8, 4) is 39.1 Å². The van der Waals surface area contributed by atoms with Gasteiger partial charge in [-0.15, -0.1) is 0 Å². The maximum atomic E-state index is 2.46. The number of anilines is 3. The maximum absolute atomic E-state index is 2.46. The van der Waals surface area contributed by atoms with E-state index in [0.717, 1.165) is 22.7 Å². The fourth-order valence-electron chi connectivity index (χ4n) is 9.04. The molecule has 1 aromatic heterocycles. The molecular formula is C56H38N2. The lowest BCUT2D eigenvalue weighted by Gasteiger charge is -2.29. The maximum Gasteiger partial charge on any atom is 0.0542 e. The number of nitrogens with zero attached hydrogens (tertiary/aromatic N) is 2. The fourth-order valence-corrected chi connectivity index (χ4v) is 9.04. The molecule has 11 aromatic rings. The molecule has 0 unspecified atom stereocenters. The SMILES string of the molecule is c1ccc(-c2ccccc2N(c2ccc3c(c2)c(-c2ccccc2)c(-c2ccccc2)c2ccccc23)c2ccc3c(c2)c2ccccc2n3-c2ccccc2)cc1. The predicted molar refractivity (Wildman–Crippen MR) is 247 cm³/mol. The lowest BCUT2D eigenvalue weighted by molar-refractivity contribution is 1.18. The molecule has 0 atom stereocenters. The second-order valence-electron chi connectivity index (χ2n) is 14.9. The van der Waals surface area contributed by atoms with Crippen LogP contribution in [0.3, 0.4) is 0 Å². The van der Waals surface area contributed by atoms with Crippen molar-refractivity contribution in [3.05, 3.63) is 231 Å². The van der Waals surface area contributed by atoms with Crippen molar-refractivity contribution in [2.45, 2.75) is 0 Å². The molecule has 58 heavy (non-hydrogen) atoms. The molecular weight excluding hydrogens is 701 g/mol. The molecule has 0 saturated heterocycles. The molecule has 2 heteroatoms. The molecule has 272 valence electrons. The summed E-state index contributed by atoms with van der Waals surface area (Å²) in [6.45, 7) is 0. The average Bonchev–Trinajstić information content (AvgIpc) is 3.63. The number of aromatic nitrogens is 1. The first kappa shape index (κ1) is 33.6. The van der Waals surface area contributed by atoms with Crippen molar-refractivity contribution in [2.24, 2.45) is 0 Å². The normalized spacial score (nSPS) is 11.4. The highest BCUT2D eigenvalue weighted by molar-refractivity contribution is 6.22. The minimum atomic E-state index is 1.09. The molecule has 0 radical (unpaired) electrons. The molecule has 0 N–H and O–H groups in total. The number of rotatable bonds is 7. The summed E-state index contributed by atoms with van der Waals surface area (Å²) in [5, 5.41) is 7.37. The van der Waals surface area contributed by atoms with Crippen molar-refractivity contribution in [1.82, 2.24) is 4.57 Å². The van der Waals surface area contributed by atoms with E-state index in [-0.39, 0.29) is 0 Å². The van der Waals surface area contributed by atoms with Crippen LogP contribution in [0.2, 0.25) is 0 Å². The standard InChI is InChI=1S/C56H38N2/c1-5-19-39(20-6-1)45-27-15-17-31-52(45)57(44-34-36-54-50(37-44)48-29-16-18-32-53(48)58(54)42-25-11-4-12-26-42)43-33-35-47-46-28-13-14-30-49(46)55(40-21-7-2-8-22-40)56(51(47)38-43)41-23-9-3-10-24-41/h1-38H. The van der Waals surface area contributed by atoms with E-state index in [1.165, 1.54) is 76.7 Å². The molecule has 11 rings (SSSR count). The highest BCUT2D eigenvalue weighted by Gasteiger charge is 2.23. The Morgan fingerprint density at radius 1 is 0.293 bits per heavy atom. The lowest BCUT2D eigenvalue weighted by Crippen LogP contribution is -2.11. The van der Waals surface area contributed by atoms with Gasteiger partial charge in [-0.3, -0.25) is 0 Å². The van der Waals surface area contributed by atoms with Gasteiger partial charge in [-0.05, 0) is 104 Å². The second kappa shape index (κ2) is 14.1. The molecule has 0 aliphatic heterocycles. The predicted octanol–water partition coefficient (Wildman–Crippen LogP) is 15.6.